The summed E-state index contributed by atoms with van der Waals surface area (Å²) in [6.07, 6.45) is -0.969. The molecule has 0 spiro atoms. The summed E-state index contributed by atoms with van der Waals surface area (Å²) in [7, 11) is 0. The number of rotatable bonds is 5. The van der Waals surface area contributed by atoms with E-state index in [1.807, 2.05) is 0 Å². The fourth-order valence-corrected chi connectivity index (χ4v) is 2.24. The predicted molar refractivity (Wildman–Crippen MR) is 91.6 cm³/mol. The second kappa shape index (κ2) is 6.82. The summed E-state index contributed by atoms with van der Waals surface area (Å²) in [5.41, 5.74) is 0.556. The summed E-state index contributed by atoms with van der Waals surface area (Å²) in [6.45, 7) is 1.43. The van der Waals surface area contributed by atoms with E-state index in [0.717, 1.165) is 0 Å². The lowest BCUT2D eigenvalue weighted by molar-refractivity contribution is -0.144. The first-order chi connectivity index (χ1) is 11.9. The first kappa shape index (κ1) is 16.8. The number of H-pyrrole nitrogens is 1. The molecule has 0 bridgehead atoms. The molecule has 0 unspecified atom stereocenters. The lowest BCUT2D eigenvalue weighted by atomic mass is 10.3. The fraction of sp³-hybridized carbons (Fsp3) is 0.118. The van der Waals surface area contributed by atoms with Gasteiger partial charge in [0.1, 0.15) is 11.5 Å². The molecule has 0 aliphatic heterocycles. The summed E-state index contributed by atoms with van der Waals surface area (Å²) in [6, 6.07) is 11.1. The van der Waals surface area contributed by atoms with E-state index < -0.39 is 17.6 Å². The number of aliphatic carboxylic acids is 1. The summed E-state index contributed by atoms with van der Waals surface area (Å²) >= 11 is 5.88. The molecule has 0 saturated carbocycles. The van der Waals surface area contributed by atoms with Gasteiger partial charge in [0.2, 0.25) is 0 Å². The van der Waals surface area contributed by atoms with Crippen LogP contribution in [0.3, 0.4) is 0 Å². The Hall–Kier alpha value is -3.06. The Balaban J connectivity index is 1.81. The van der Waals surface area contributed by atoms with Crippen LogP contribution in [-0.2, 0) is 4.79 Å². The molecule has 2 N–H and O–H groups in total. The second-order valence-electron chi connectivity index (χ2n) is 5.20. The van der Waals surface area contributed by atoms with Crippen molar-refractivity contribution in [2.24, 2.45) is 0 Å². The molecule has 0 aliphatic rings. The van der Waals surface area contributed by atoms with E-state index in [0.29, 0.717) is 27.6 Å². The highest BCUT2D eigenvalue weighted by molar-refractivity contribution is 6.31. The van der Waals surface area contributed by atoms with Gasteiger partial charge in [-0.1, -0.05) is 11.6 Å². The van der Waals surface area contributed by atoms with Gasteiger partial charge in [0.25, 0.3) is 5.88 Å². The zero-order valence-corrected chi connectivity index (χ0v) is 13.8. The monoisotopic (exact) mass is 360 g/mol. The van der Waals surface area contributed by atoms with Gasteiger partial charge in [-0.15, -0.1) is 0 Å². The molecule has 8 heteroatoms. The Morgan fingerprint density at radius 2 is 1.88 bits per heavy atom. The van der Waals surface area contributed by atoms with Crippen LogP contribution in [0.2, 0.25) is 5.02 Å². The maximum Gasteiger partial charge on any atom is 0.344 e. The number of fused-ring (bicyclic) bond motifs is 1. The minimum Gasteiger partial charge on any atom is -0.479 e. The lowest BCUT2D eigenvalue weighted by Crippen LogP contribution is -2.22. The Morgan fingerprint density at radius 3 is 2.56 bits per heavy atom. The molecule has 25 heavy (non-hydrogen) atoms. The molecule has 3 rings (SSSR count). The highest BCUT2D eigenvalue weighted by atomic mass is 35.5. The molecule has 0 radical (unpaired) electrons. The third-order valence-electron chi connectivity index (χ3n) is 3.32. The van der Waals surface area contributed by atoms with Gasteiger partial charge in [0.05, 0.1) is 11.0 Å². The molecule has 1 heterocycles. The Kier molecular flexibility index (Phi) is 4.58. The van der Waals surface area contributed by atoms with Crippen LogP contribution in [0, 0.1) is 0 Å². The first-order valence-corrected chi connectivity index (χ1v) is 7.67. The highest BCUT2D eigenvalue weighted by Crippen LogP contribution is 2.23. The Morgan fingerprint density at radius 1 is 1.20 bits per heavy atom. The number of aromatic nitrogens is 2. The molecule has 0 aliphatic carbocycles. The minimum atomic E-state index is -1.06. The fourth-order valence-electron chi connectivity index (χ4n) is 2.06. The van der Waals surface area contributed by atoms with E-state index in [1.54, 1.807) is 42.5 Å². The molecular weight excluding hydrogens is 348 g/mol. The van der Waals surface area contributed by atoms with Gasteiger partial charge in [-0.3, -0.25) is 4.79 Å². The van der Waals surface area contributed by atoms with Crippen LogP contribution in [0.25, 0.3) is 11.0 Å². The van der Waals surface area contributed by atoms with E-state index >= 15 is 0 Å². The molecule has 0 saturated heterocycles. The number of carboxylic acid groups (broad SMARTS) is 1. The van der Waals surface area contributed by atoms with Crippen LogP contribution >= 0.6 is 11.6 Å². The summed E-state index contributed by atoms with van der Waals surface area (Å²) in [5.74, 6) is -0.436. The van der Waals surface area contributed by atoms with E-state index in [2.05, 4.69) is 9.97 Å². The number of benzene rings is 2. The Labute approximate surface area is 146 Å². The van der Waals surface area contributed by atoms with Gasteiger partial charge in [0, 0.05) is 5.02 Å². The van der Waals surface area contributed by atoms with Crippen molar-refractivity contribution >= 4 is 28.6 Å². The van der Waals surface area contributed by atoms with Gasteiger partial charge in [-0.2, -0.15) is 0 Å². The smallest absolute Gasteiger partial charge is 0.344 e. The maximum atomic E-state index is 12.1. The zero-order valence-electron chi connectivity index (χ0n) is 13.0. The van der Waals surface area contributed by atoms with Crippen molar-refractivity contribution in [1.82, 2.24) is 9.97 Å². The van der Waals surface area contributed by atoms with Crippen molar-refractivity contribution in [1.29, 1.82) is 0 Å². The highest BCUT2D eigenvalue weighted by Gasteiger charge is 2.13. The van der Waals surface area contributed by atoms with Crippen LogP contribution in [-0.4, -0.2) is 27.1 Å². The van der Waals surface area contributed by atoms with Crippen molar-refractivity contribution in [3.63, 3.8) is 0 Å². The standard InChI is InChI=1S/C17H13ClN2O5/c1-9(17(22)23)24-11-3-5-12(6-4-11)25-16-15(21)19-14-8-10(18)2-7-13(14)20-16/h2-9H,1H3,(H,19,21)(H,22,23)/t9-/m1/s1. The van der Waals surface area contributed by atoms with Gasteiger partial charge in [-0.25, -0.2) is 9.78 Å². The summed E-state index contributed by atoms with van der Waals surface area (Å²) in [5, 5.41) is 9.31. The average molecular weight is 361 g/mol. The number of carboxylic acids is 1. The predicted octanol–water partition coefficient (Wildman–Crippen LogP) is 3.22. The molecule has 0 amide bonds. The van der Waals surface area contributed by atoms with E-state index in [4.69, 9.17) is 26.2 Å². The third-order valence-corrected chi connectivity index (χ3v) is 3.56. The number of halogens is 1. The summed E-state index contributed by atoms with van der Waals surface area (Å²) in [4.78, 5) is 29.7. The number of carbonyl (C=O) groups is 1. The van der Waals surface area contributed by atoms with Crippen molar-refractivity contribution < 1.29 is 19.4 Å². The molecule has 1 atom stereocenters. The quantitative estimate of drug-likeness (QED) is 0.724. The number of ether oxygens (including phenoxy) is 2. The zero-order chi connectivity index (χ0) is 18.0. The van der Waals surface area contributed by atoms with Crippen molar-refractivity contribution in [3.05, 3.63) is 57.8 Å². The number of nitrogens with one attached hydrogen (secondary N) is 1. The second-order valence-corrected chi connectivity index (χ2v) is 5.64. The maximum absolute atomic E-state index is 12.1. The summed E-state index contributed by atoms with van der Waals surface area (Å²) < 4.78 is 10.7. The van der Waals surface area contributed by atoms with Crippen LogP contribution in [0.5, 0.6) is 17.4 Å². The normalized spacial score (nSPS) is 11.9. The molecule has 0 fully saturated rings. The number of hydrogen-bond acceptors (Lipinski definition) is 5. The molecule has 2 aromatic carbocycles. The van der Waals surface area contributed by atoms with Gasteiger partial charge in [0.15, 0.2) is 6.10 Å². The average Bonchev–Trinajstić information content (AvgIpc) is 2.57. The first-order valence-electron chi connectivity index (χ1n) is 7.29. The van der Waals surface area contributed by atoms with Gasteiger partial charge < -0.3 is 19.6 Å². The number of hydrogen-bond donors (Lipinski definition) is 2. The lowest BCUT2D eigenvalue weighted by Gasteiger charge is -2.11. The molecule has 3 aromatic rings. The van der Waals surface area contributed by atoms with E-state index in [1.165, 1.54) is 6.92 Å². The number of aromatic amines is 1. The third kappa shape index (κ3) is 3.89. The number of nitrogens with zero attached hydrogens (tertiary/aromatic N) is 1. The topological polar surface area (TPSA) is 102 Å². The SMILES string of the molecule is C[C@@H](Oc1ccc(Oc2nc3ccc(Cl)cc3[nH]c2=O)cc1)C(=O)O. The largest absolute Gasteiger partial charge is 0.479 e. The van der Waals surface area contributed by atoms with Crippen molar-refractivity contribution in [2.45, 2.75) is 13.0 Å². The molecule has 128 valence electrons. The molecular formula is C17H13ClN2O5. The van der Waals surface area contributed by atoms with Crippen LogP contribution in [0.4, 0.5) is 0 Å². The van der Waals surface area contributed by atoms with Crippen LogP contribution in [0.15, 0.2) is 47.3 Å². The van der Waals surface area contributed by atoms with Crippen molar-refractivity contribution in [3.8, 4) is 17.4 Å². The van der Waals surface area contributed by atoms with Crippen molar-refractivity contribution in [2.75, 3.05) is 0 Å². The molecule has 7 nitrogen and oxygen atoms in total. The van der Waals surface area contributed by atoms with Crippen LogP contribution in [0.1, 0.15) is 6.92 Å². The van der Waals surface area contributed by atoms with Crippen LogP contribution < -0.4 is 15.0 Å². The van der Waals surface area contributed by atoms with E-state index in [-0.39, 0.29) is 5.88 Å². The van der Waals surface area contributed by atoms with Gasteiger partial charge in [-0.05, 0) is 49.4 Å². The van der Waals surface area contributed by atoms with Gasteiger partial charge >= 0.3 is 11.5 Å². The Bertz CT molecular complexity index is 984. The minimum absolute atomic E-state index is 0.109. The molecule has 1 aromatic heterocycles. The van der Waals surface area contributed by atoms with E-state index in [9.17, 15) is 9.59 Å².